The Labute approximate surface area is 800 Å². The number of hydrogen-bond donors (Lipinski definition) is 10. The fourth-order valence-corrected chi connectivity index (χ4v) is 5.34. The van der Waals surface area contributed by atoms with Gasteiger partial charge in [0, 0.05) is 82.3 Å². The van der Waals surface area contributed by atoms with Gasteiger partial charge in [0.25, 0.3) is 154 Å². The molecule has 0 aliphatic heterocycles. The first kappa shape index (κ1) is 170. The first-order chi connectivity index (χ1) is 67.5. The zero-order valence-corrected chi connectivity index (χ0v) is 76.5. The Bertz CT molecular complexity index is 2530. The van der Waals surface area contributed by atoms with Crippen molar-refractivity contribution in [2.24, 2.45) is 0 Å². The summed E-state index contributed by atoms with van der Waals surface area (Å²) in [5.41, 5.74) is 0. The van der Waals surface area contributed by atoms with Crippen LogP contribution in [0.25, 0.3) is 0 Å². The minimum absolute atomic E-state index is 0.0584. The van der Waals surface area contributed by atoms with Crippen LogP contribution in [0.5, 0.6) is 0 Å². The van der Waals surface area contributed by atoms with Gasteiger partial charge in [0.15, 0.2) is 0 Å². The van der Waals surface area contributed by atoms with Crippen molar-refractivity contribution in [2.75, 3.05) is 109 Å². The molecule has 0 aromatic rings. The molecule has 0 rings (SSSR count). The zero-order valence-electron chi connectivity index (χ0n) is 76.5. The van der Waals surface area contributed by atoms with Crippen LogP contribution in [-0.4, -0.2) is 440 Å². The lowest BCUT2D eigenvalue weighted by Gasteiger charge is -2.23. The highest BCUT2D eigenvalue weighted by atomic mass is 19.3. The topological polar surface area (TPSA) is 415 Å². The average molecular weight is 2340 g/mol. The van der Waals surface area contributed by atoms with E-state index < -0.39 is 306 Å². The molecule has 0 aliphatic carbocycles. The van der Waals surface area contributed by atoms with Crippen LogP contribution in [0.15, 0.2) is 0 Å². The number of rotatable bonds is 64. The van der Waals surface area contributed by atoms with Crippen LogP contribution in [0.1, 0.15) is 41.5 Å². The molecule has 0 aliphatic rings. The Hall–Kier alpha value is -4.68. The fraction of sp³-hybridized carbons (Fsp3) is 1.00. The van der Waals surface area contributed by atoms with Crippen LogP contribution in [0.2, 0.25) is 0 Å². The summed E-state index contributed by atoms with van der Waals surface area (Å²) in [5, 5.41) is 80.2. The molecular formula is C66H110F48O33. The quantitative estimate of drug-likeness (QED) is 0.0200. The predicted molar refractivity (Wildman–Crippen MR) is 385 cm³/mol. The van der Waals surface area contributed by atoms with Gasteiger partial charge in [-0.25, -0.2) is 211 Å². The van der Waals surface area contributed by atoms with E-state index in [-0.39, 0.29) is 39.6 Å². The summed E-state index contributed by atoms with van der Waals surface area (Å²) in [5.74, 6) is 0. The molecule has 17 unspecified atom stereocenters. The molecule has 0 heterocycles. The molecule has 81 heteroatoms. The summed E-state index contributed by atoms with van der Waals surface area (Å²) in [6.07, 6.45) is -119. The molecule has 0 saturated heterocycles. The highest BCUT2D eigenvalue weighted by molar-refractivity contribution is 4.60. The van der Waals surface area contributed by atoms with Crippen LogP contribution < -0.4 is 0 Å². The molecule has 0 saturated carbocycles. The average Bonchev–Trinajstić information content (AvgIpc) is 0.904. The third-order valence-corrected chi connectivity index (χ3v) is 11.1. The van der Waals surface area contributed by atoms with Gasteiger partial charge < -0.3 is 160 Å². The number of alkyl halides is 48. The van der Waals surface area contributed by atoms with Gasteiger partial charge >= 0.3 is 0 Å². The van der Waals surface area contributed by atoms with Crippen LogP contribution >= 0.6 is 0 Å². The van der Waals surface area contributed by atoms with E-state index in [1.807, 2.05) is 0 Å². The van der Waals surface area contributed by atoms with Crippen LogP contribution in [0.4, 0.5) is 211 Å². The van der Waals surface area contributed by atoms with Crippen molar-refractivity contribution < 1.29 is 371 Å². The highest BCUT2D eigenvalue weighted by Gasteiger charge is 2.38. The predicted octanol–water partition coefficient (Wildman–Crippen LogP) is 13.9. The van der Waals surface area contributed by atoms with Gasteiger partial charge in [-0.15, -0.1) is 0 Å². The Morgan fingerprint density at radius 2 is 0.286 bits per heavy atom. The number of aliphatic hydroxyl groups is 10. The van der Waals surface area contributed by atoms with E-state index >= 15 is 0 Å². The number of hydrogen-bond acceptors (Lipinski definition) is 33. The molecule has 0 aromatic heterocycles. The molecule has 17 atom stereocenters. The largest absolute Gasteiger partial charge is 0.364 e. The Morgan fingerprint density at radius 1 is 0.136 bits per heavy atom. The molecule has 0 spiro atoms. The standard InChI is InChI=1S/C8H10F8O3.C8H14F4O3.C6H8F6O3.2C6H10F4O3.C6H12F2O2.C5H8F4O3.C4H6F4O3.C4H6F4O2.2C4H8F2O2.C3H6F2O2.C2H4F2O2/c9-3(10)1-17-7(5(13)14)19-8(6(15)16)18-2-4(11)12;1-3-13-7(5(9)10)15-8(6(11)12)14-4-2;7-2(8)1-14-6(4(11)12)15-5(13)3(9)10;1-11-5(3(7)8)13-6(12-2)4(9)10;1-2-12-6(4(9)10)13-5(11)3(7)8;1-3-9-6(5(7)8)10-4-2;1-11-5(3(8)9)12-4(10)2(6)7;5-1(6)3(9)11-4(10)2(7)8;5-2(6)1-10-4(9)3(7)8;1-7-4(8-2)3(5)6;1-2-8-4(7)3(5)6;1-7-3(6)2(4)5;3-1(4)2(5)6/h3-8H,1-2H2;5-8H,3-4H2,1-2H3;2-6,13H,1H2;3-6H,1-2H3;3-6,11H,2H2,1H3;5-6H,3-4H2,1-2H3;2-5,10H,1H3;1-4,9-10H;2-4,9H,1H2;3-4H,1-2H3;3-4,7H,2H2,1H3;2-3,6H,1H3;1-2,5-6H. The van der Waals surface area contributed by atoms with Gasteiger partial charge in [0.1, 0.15) is 26.4 Å². The van der Waals surface area contributed by atoms with E-state index in [0.717, 1.165) is 28.4 Å². The summed E-state index contributed by atoms with van der Waals surface area (Å²) in [6.45, 7) is 3.94. The first-order valence-electron chi connectivity index (χ1n) is 38.0. The van der Waals surface area contributed by atoms with Gasteiger partial charge in [-0.2, -0.15) is 0 Å². The molecule has 0 amide bonds. The van der Waals surface area contributed by atoms with Crippen molar-refractivity contribution in [1.29, 1.82) is 0 Å². The molecule has 33 nitrogen and oxygen atoms in total. The number of ether oxygens (including phenoxy) is 23. The maximum absolute atomic E-state index is 12.2. The lowest BCUT2D eigenvalue weighted by Crippen LogP contribution is -2.37. The third kappa shape index (κ3) is 117. The summed E-state index contributed by atoms with van der Waals surface area (Å²) in [7, 11) is 6.05. The lowest BCUT2D eigenvalue weighted by atomic mass is 10.6. The van der Waals surface area contributed by atoms with Gasteiger partial charge in [-0.3, -0.25) is 0 Å². The van der Waals surface area contributed by atoms with E-state index in [0.29, 0.717) is 0 Å². The number of aliphatic hydroxyl groups excluding tert-OH is 9. The molecule has 0 fully saturated rings. The van der Waals surface area contributed by atoms with Crippen LogP contribution in [0.3, 0.4) is 0 Å². The third-order valence-electron chi connectivity index (χ3n) is 11.1. The van der Waals surface area contributed by atoms with Crippen molar-refractivity contribution in [3.63, 3.8) is 0 Å². The van der Waals surface area contributed by atoms with Crippen molar-refractivity contribution in [3.8, 4) is 0 Å². The fourth-order valence-electron chi connectivity index (χ4n) is 5.34. The second-order valence-corrected chi connectivity index (χ2v) is 22.3. The van der Waals surface area contributed by atoms with E-state index in [4.69, 9.17) is 51.1 Å². The smallest absolute Gasteiger partial charge is 0.288 e. The first-order valence-corrected chi connectivity index (χ1v) is 38.0. The second kappa shape index (κ2) is 108. The maximum atomic E-state index is 12.2. The van der Waals surface area contributed by atoms with Crippen molar-refractivity contribution in [2.45, 2.75) is 322 Å². The van der Waals surface area contributed by atoms with E-state index in [9.17, 15) is 211 Å². The number of halogens is 48. The Kier molecular flexibility index (Phi) is 125. The lowest BCUT2D eigenvalue weighted by molar-refractivity contribution is -0.314. The number of methoxy groups -OCH3 is 6. The Balaban J connectivity index is -0.000000121. The molecule has 0 bridgehead atoms. The van der Waals surface area contributed by atoms with Gasteiger partial charge in [0.05, 0.1) is 0 Å². The minimum Gasteiger partial charge on any atom is -0.364 e. The molecule has 908 valence electrons. The van der Waals surface area contributed by atoms with Crippen LogP contribution in [-0.2, 0) is 109 Å². The SMILES string of the molecule is CCOC(O)C(F)F.CCOC(OC(O)C(F)F)C(F)F.CCOC(OC(OCC)C(F)F)C(F)F.CCOC(OCC)C(F)F.COC(O)C(F)F.COC(OC(O)C(F)F)C(F)F.COC(OC(OC)C(F)F)C(F)F.COC(OC)C(F)F.FC(F)COC(OC(OCC(F)F)C(F)F)C(F)F.OC(O)C(F)F.OC(OC(O)C(F)F)C(F)F.OC(OC(OCC(F)F)C(F)F)C(F)F.OC(OCC(F)F)C(F)F. The molecule has 0 radical (unpaired) electrons. The van der Waals surface area contributed by atoms with E-state index in [2.05, 4.69) is 109 Å². The summed E-state index contributed by atoms with van der Waals surface area (Å²) < 4.78 is 651. The maximum Gasteiger partial charge on any atom is 0.288 e. The van der Waals surface area contributed by atoms with Gasteiger partial charge in [-0.1, -0.05) is 0 Å². The summed E-state index contributed by atoms with van der Waals surface area (Å²) in [4.78, 5) is 0. The summed E-state index contributed by atoms with van der Waals surface area (Å²) in [6, 6.07) is 0. The van der Waals surface area contributed by atoms with Crippen molar-refractivity contribution in [3.05, 3.63) is 0 Å². The molecule has 10 N–H and O–H groups in total. The van der Waals surface area contributed by atoms with E-state index in [1.165, 1.54) is 41.9 Å². The minimum atomic E-state index is -3.53. The molecular weight excluding hydrogens is 2230 g/mol. The highest BCUT2D eigenvalue weighted by Crippen LogP contribution is 2.23. The van der Waals surface area contributed by atoms with Crippen molar-refractivity contribution in [1.82, 2.24) is 0 Å². The van der Waals surface area contributed by atoms with Gasteiger partial charge in [0.2, 0.25) is 126 Å². The molecule has 0 aromatic carbocycles. The second-order valence-electron chi connectivity index (χ2n) is 22.3. The van der Waals surface area contributed by atoms with Crippen LogP contribution in [0, 0.1) is 0 Å². The zero-order chi connectivity index (χ0) is 119. The van der Waals surface area contributed by atoms with Gasteiger partial charge in [-0.05, 0) is 41.5 Å². The normalized spacial score (nSPS) is 15.3. The summed E-state index contributed by atoms with van der Waals surface area (Å²) >= 11 is 0. The molecule has 147 heavy (non-hydrogen) atoms. The Morgan fingerprint density at radius 3 is 0.435 bits per heavy atom. The monoisotopic (exact) mass is 2340 g/mol. The van der Waals surface area contributed by atoms with Crippen molar-refractivity contribution >= 4 is 0 Å². The van der Waals surface area contributed by atoms with E-state index in [1.54, 1.807) is 13.8 Å².